The van der Waals surface area contributed by atoms with Crippen LogP contribution in [0.2, 0.25) is 5.28 Å². The van der Waals surface area contributed by atoms with Gasteiger partial charge in [-0.3, -0.25) is 4.79 Å². The van der Waals surface area contributed by atoms with Crippen molar-refractivity contribution in [3.8, 4) is 0 Å². The predicted molar refractivity (Wildman–Crippen MR) is 56.0 cm³/mol. The Balaban J connectivity index is 2.26. The molecule has 0 unspecified atom stereocenters. The Morgan fingerprint density at radius 3 is 2.80 bits per heavy atom. The normalized spacial score (nSPS) is 10.2. The van der Waals surface area contributed by atoms with E-state index in [0.29, 0.717) is 10.2 Å². The van der Waals surface area contributed by atoms with Gasteiger partial charge in [-0.25, -0.2) is 15.0 Å². The molecule has 0 aliphatic rings. The average Bonchev–Trinajstić information content (AvgIpc) is 2.17. The fraction of sp³-hybridized carbons (Fsp3) is 0. The maximum absolute atomic E-state index is 11.0. The van der Waals surface area contributed by atoms with Crippen LogP contribution in [0.5, 0.6) is 0 Å². The molecule has 7 heteroatoms. The maximum Gasteiger partial charge on any atom is 0.251 e. The lowest BCUT2D eigenvalue weighted by molar-refractivity contribution is 0.929. The van der Waals surface area contributed by atoms with Gasteiger partial charge in [0.15, 0.2) is 5.16 Å². The number of H-pyrrole nitrogens is 1. The van der Waals surface area contributed by atoms with Crippen LogP contribution in [0.4, 0.5) is 0 Å². The third kappa shape index (κ3) is 2.77. The number of hydrogen-bond donors (Lipinski definition) is 1. The number of aromatic nitrogens is 4. The van der Waals surface area contributed by atoms with Crippen LogP contribution in [-0.4, -0.2) is 19.9 Å². The van der Waals surface area contributed by atoms with Gasteiger partial charge in [0.2, 0.25) is 5.28 Å². The van der Waals surface area contributed by atoms with Crippen molar-refractivity contribution in [2.45, 2.75) is 10.2 Å². The molecule has 0 saturated carbocycles. The van der Waals surface area contributed by atoms with Crippen LogP contribution in [0.25, 0.3) is 0 Å². The van der Waals surface area contributed by atoms with Crippen molar-refractivity contribution in [2.24, 2.45) is 0 Å². The maximum atomic E-state index is 11.0. The van der Waals surface area contributed by atoms with Gasteiger partial charge in [0.05, 0.1) is 0 Å². The fourth-order valence-electron chi connectivity index (χ4n) is 0.879. The van der Waals surface area contributed by atoms with Crippen LogP contribution in [0.1, 0.15) is 0 Å². The topological polar surface area (TPSA) is 71.5 Å². The van der Waals surface area contributed by atoms with Crippen molar-refractivity contribution >= 4 is 23.4 Å². The SMILES string of the molecule is O=c1ccnc(Sc2ccnc(Cl)n2)[nH]1. The van der Waals surface area contributed by atoms with Gasteiger partial charge in [-0.2, -0.15) is 0 Å². The Kier molecular flexibility index (Phi) is 2.98. The summed E-state index contributed by atoms with van der Waals surface area (Å²) in [6, 6.07) is 3.03. The lowest BCUT2D eigenvalue weighted by Gasteiger charge is -1.98. The number of halogens is 1. The van der Waals surface area contributed by atoms with Crippen molar-refractivity contribution in [3.63, 3.8) is 0 Å². The zero-order chi connectivity index (χ0) is 10.7. The first-order valence-corrected chi connectivity index (χ1v) is 5.15. The van der Waals surface area contributed by atoms with Crippen LogP contribution in [0.3, 0.4) is 0 Å². The average molecular weight is 241 g/mol. The molecule has 0 aliphatic heterocycles. The van der Waals surface area contributed by atoms with Crippen molar-refractivity contribution in [1.82, 2.24) is 19.9 Å². The van der Waals surface area contributed by atoms with Crippen LogP contribution >= 0.6 is 23.4 Å². The van der Waals surface area contributed by atoms with Crippen LogP contribution in [-0.2, 0) is 0 Å². The number of nitrogens with one attached hydrogen (secondary N) is 1. The Labute approximate surface area is 94.0 Å². The highest BCUT2D eigenvalue weighted by molar-refractivity contribution is 7.99. The summed E-state index contributed by atoms with van der Waals surface area (Å²) in [5, 5.41) is 1.26. The molecule has 0 atom stereocenters. The van der Waals surface area contributed by atoms with E-state index in [1.807, 2.05) is 0 Å². The lowest BCUT2D eigenvalue weighted by Crippen LogP contribution is -2.05. The second-order valence-electron chi connectivity index (χ2n) is 2.51. The van der Waals surface area contributed by atoms with E-state index >= 15 is 0 Å². The fourth-order valence-corrected chi connectivity index (χ4v) is 1.80. The van der Waals surface area contributed by atoms with Gasteiger partial charge in [-0.05, 0) is 29.4 Å². The molecular weight excluding hydrogens is 236 g/mol. The molecule has 2 aromatic rings. The first-order valence-electron chi connectivity index (χ1n) is 3.96. The van der Waals surface area contributed by atoms with Gasteiger partial charge in [-0.15, -0.1) is 0 Å². The minimum atomic E-state index is -0.201. The third-order valence-corrected chi connectivity index (χ3v) is 2.47. The highest BCUT2D eigenvalue weighted by Crippen LogP contribution is 2.21. The Hall–Kier alpha value is -1.40. The summed E-state index contributed by atoms with van der Waals surface area (Å²) < 4.78 is 0. The summed E-state index contributed by atoms with van der Waals surface area (Å²) in [4.78, 5) is 25.2. The Morgan fingerprint density at radius 2 is 2.07 bits per heavy atom. The van der Waals surface area contributed by atoms with E-state index in [4.69, 9.17) is 11.6 Å². The molecule has 2 aromatic heterocycles. The molecule has 0 bridgehead atoms. The summed E-state index contributed by atoms with van der Waals surface area (Å²) in [5.74, 6) is 0. The molecule has 2 rings (SSSR count). The largest absolute Gasteiger partial charge is 0.301 e. The molecule has 76 valence electrons. The number of hydrogen-bond acceptors (Lipinski definition) is 5. The van der Waals surface area contributed by atoms with Crippen molar-refractivity contribution in [3.05, 3.63) is 40.2 Å². The first kappa shape index (κ1) is 10.1. The second-order valence-corrected chi connectivity index (χ2v) is 3.85. The van der Waals surface area contributed by atoms with E-state index in [2.05, 4.69) is 19.9 Å². The Bertz CT molecular complexity index is 530. The monoisotopic (exact) mass is 240 g/mol. The lowest BCUT2D eigenvalue weighted by atomic mass is 10.7. The second kappa shape index (κ2) is 4.41. The summed E-state index contributed by atoms with van der Waals surface area (Å²) in [5.41, 5.74) is -0.201. The quantitative estimate of drug-likeness (QED) is 0.634. The van der Waals surface area contributed by atoms with E-state index in [-0.39, 0.29) is 10.8 Å². The molecule has 0 aliphatic carbocycles. The van der Waals surface area contributed by atoms with E-state index in [9.17, 15) is 4.79 Å². The van der Waals surface area contributed by atoms with Gasteiger partial charge in [-0.1, -0.05) is 0 Å². The van der Waals surface area contributed by atoms with Crippen molar-refractivity contribution in [2.75, 3.05) is 0 Å². The summed E-state index contributed by atoms with van der Waals surface area (Å²) in [6.45, 7) is 0. The van der Waals surface area contributed by atoms with Crippen LogP contribution in [0.15, 0.2) is 39.5 Å². The highest BCUT2D eigenvalue weighted by Gasteiger charge is 2.01. The number of nitrogens with zero attached hydrogens (tertiary/aromatic N) is 3. The smallest absolute Gasteiger partial charge is 0.251 e. The van der Waals surface area contributed by atoms with E-state index < -0.39 is 0 Å². The zero-order valence-corrected chi connectivity index (χ0v) is 8.92. The van der Waals surface area contributed by atoms with E-state index in [1.54, 1.807) is 12.3 Å². The molecule has 0 radical (unpaired) electrons. The van der Waals surface area contributed by atoms with Gasteiger partial charge < -0.3 is 4.98 Å². The van der Waals surface area contributed by atoms with Crippen LogP contribution in [0, 0.1) is 0 Å². The minimum Gasteiger partial charge on any atom is -0.301 e. The minimum absolute atomic E-state index is 0.165. The molecular formula is C8H5ClN4OS. The zero-order valence-electron chi connectivity index (χ0n) is 7.35. The van der Waals surface area contributed by atoms with Gasteiger partial charge >= 0.3 is 0 Å². The van der Waals surface area contributed by atoms with Gasteiger partial charge in [0.1, 0.15) is 5.03 Å². The molecule has 0 spiro atoms. The molecule has 0 saturated heterocycles. The highest BCUT2D eigenvalue weighted by atomic mass is 35.5. The van der Waals surface area contributed by atoms with E-state index in [1.165, 1.54) is 24.0 Å². The first-order chi connectivity index (χ1) is 7.24. The molecule has 0 amide bonds. The summed E-state index contributed by atoms with van der Waals surface area (Å²) in [6.07, 6.45) is 2.97. The van der Waals surface area contributed by atoms with E-state index in [0.717, 1.165) is 0 Å². The summed E-state index contributed by atoms with van der Waals surface area (Å²) in [7, 11) is 0. The summed E-state index contributed by atoms with van der Waals surface area (Å²) >= 11 is 6.83. The molecule has 15 heavy (non-hydrogen) atoms. The van der Waals surface area contributed by atoms with Crippen LogP contribution < -0.4 is 5.56 Å². The molecule has 5 nitrogen and oxygen atoms in total. The standard InChI is InChI=1S/C8H5ClN4OS/c9-7-10-4-2-6(13-7)15-8-11-3-1-5(14)12-8/h1-4H,(H,11,12,14). The third-order valence-electron chi connectivity index (χ3n) is 1.45. The van der Waals surface area contributed by atoms with Crippen molar-refractivity contribution in [1.29, 1.82) is 0 Å². The number of rotatable bonds is 2. The molecule has 0 aromatic carbocycles. The molecule has 0 fully saturated rings. The van der Waals surface area contributed by atoms with Crippen molar-refractivity contribution < 1.29 is 0 Å². The predicted octanol–water partition coefficient (Wildman–Crippen LogP) is 1.36. The molecule has 2 heterocycles. The Morgan fingerprint density at radius 1 is 1.27 bits per heavy atom. The van der Waals surface area contributed by atoms with Gasteiger partial charge in [0, 0.05) is 18.5 Å². The molecule has 1 N–H and O–H groups in total. The van der Waals surface area contributed by atoms with Gasteiger partial charge in [0.25, 0.3) is 5.56 Å². The number of aromatic amines is 1.